The highest BCUT2D eigenvalue weighted by Gasteiger charge is 2.30. The zero-order valence-electron chi connectivity index (χ0n) is 14.8. The second kappa shape index (κ2) is 9.21. The lowest BCUT2D eigenvalue weighted by molar-refractivity contribution is -0.145. The van der Waals surface area contributed by atoms with Gasteiger partial charge in [-0.3, -0.25) is 4.79 Å². The van der Waals surface area contributed by atoms with Crippen molar-refractivity contribution in [1.29, 1.82) is 0 Å². The van der Waals surface area contributed by atoms with E-state index >= 15 is 0 Å². The van der Waals surface area contributed by atoms with E-state index in [4.69, 9.17) is 4.74 Å². The average Bonchev–Trinajstić information content (AvgIpc) is 2.65. The van der Waals surface area contributed by atoms with Crippen LogP contribution in [-0.2, 0) is 33.3 Å². The van der Waals surface area contributed by atoms with Gasteiger partial charge >= 0.3 is 12.1 Å². The van der Waals surface area contributed by atoms with E-state index in [1.807, 2.05) is 30.3 Å². The van der Waals surface area contributed by atoms with Gasteiger partial charge in [0.25, 0.3) is 0 Å². The Morgan fingerprint density at radius 2 is 1.63 bits per heavy atom. The number of carbonyl (C=O) groups excluding carboxylic acids is 2. The van der Waals surface area contributed by atoms with E-state index in [1.54, 1.807) is 0 Å². The number of aryl methyl sites for hydroxylation is 1. The van der Waals surface area contributed by atoms with E-state index in [-0.39, 0.29) is 6.42 Å². The third-order valence-corrected chi connectivity index (χ3v) is 4.03. The van der Waals surface area contributed by atoms with Crippen LogP contribution in [0.5, 0.6) is 0 Å². The normalized spacial score (nSPS) is 12.3. The number of rotatable bonds is 7. The molecular formula is C20H20F3NO3. The van der Waals surface area contributed by atoms with Crippen molar-refractivity contribution in [3.8, 4) is 0 Å². The summed E-state index contributed by atoms with van der Waals surface area (Å²) in [4.78, 5) is 24.1. The molecular weight excluding hydrogens is 359 g/mol. The molecule has 0 spiro atoms. The molecule has 0 saturated heterocycles. The maximum atomic E-state index is 12.6. The number of ether oxygens (including phenoxy) is 1. The highest BCUT2D eigenvalue weighted by atomic mass is 19.4. The van der Waals surface area contributed by atoms with Crippen molar-refractivity contribution < 1.29 is 27.5 Å². The zero-order valence-corrected chi connectivity index (χ0v) is 14.8. The molecule has 0 bridgehead atoms. The summed E-state index contributed by atoms with van der Waals surface area (Å²) in [6, 6.07) is 13.0. The van der Waals surface area contributed by atoms with Crippen molar-refractivity contribution in [1.82, 2.24) is 5.32 Å². The topological polar surface area (TPSA) is 55.4 Å². The van der Waals surface area contributed by atoms with E-state index in [0.717, 1.165) is 17.7 Å². The summed E-state index contributed by atoms with van der Waals surface area (Å²) < 4.78 is 42.5. The minimum atomic E-state index is -4.42. The predicted octanol–water partition coefficient (Wildman–Crippen LogP) is 3.54. The van der Waals surface area contributed by atoms with Gasteiger partial charge in [0, 0.05) is 0 Å². The summed E-state index contributed by atoms with van der Waals surface area (Å²) in [5.74, 6) is -1.02. The molecule has 2 aromatic carbocycles. The van der Waals surface area contributed by atoms with Crippen LogP contribution in [-0.4, -0.2) is 25.0 Å². The van der Waals surface area contributed by atoms with E-state index < -0.39 is 29.7 Å². The van der Waals surface area contributed by atoms with E-state index in [0.29, 0.717) is 18.4 Å². The van der Waals surface area contributed by atoms with Crippen LogP contribution in [0, 0.1) is 0 Å². The molecule has 0 aliphatic rings. The van der Waals surface area contributed by atoms with Gasteiger partial charge in [0.2, 0.25) is 5.91 Å². The Morgan fingerprint density at radius 3 is 2.19 bits per heavy atom. The van der Waals surface area contributed by atoms with Crippen LogP contribution in [0.15, 0.2) is 54.6 Å². The van der Waals surface area contributed by atoms with Crippen LogP contribution in [0.4, 0.5) is 13.2 Å². The maximum Gasteiger partial charge on any atom is 0.416 e. The molecule has 0 heterocycles. The van der Waals surface area contributed by atoms with Crippen LogP contribution in [0.25, 0.3) is 0 Å². The molecule has 1 N–H and O–H groups in total. The summed E-state index contributed by atoms with van der Waals surface area (Å²) in [6.45, 7) is 0. The quantitative estimate of drug-likeness (QED) is 0.749. The molecule has 0 saturated carbocycles. The number of alkyl halides is 3. The Hall–Kier alpha value is -2.83. The number of amides is 1. The van der Waals surface area contributed by atoms with Crippen LogP contribution < -0.4 is 5.32 Å². The molecule has 2 rings (SSSR count). The summed E-state index contributed by atoms with van der Waals surface area (Å²) >= 11 is 0. The highest BCUT2D eigenvalue weighted by Crippen LogP contribution is 2.29. The molecule has 0 radical (unpaired) electrons. The molecule has 0 fully saturated rings. The number of halogens is 3. The van der Waals surface area contributed by atoms with Crippen molar-refractivity contribution in [2.45, 2.75) is 31.5 Å². The average molecular weight is 379 g/mol. The molecule has 0 aromatic heterocycles. The molecule has 1 amide bonds. The Morgan fingerprint density at radius 1 is 1.00 bits per heavy atom. The van der Waals surface area contributed by atoms with E-state index in [1.165, 1.54) is 19.2 Å². The molecule has 7 heteroatoms. The molecule has 144 valence electrons. The summed E-state index contributed by atoms with van der Waals surface area (Å²) in [6.07, 6.45) is -3.62. The van der Waals surface area contributed by atoms with Crippen LogP contribution >= 0.6 is 0 Å². The van der Waals surface area contributed by atoms with Crippen LogP contribution in [0.1, 0.15) is 23.1 Å². The van der Waals surface area contributed by atoms with Crippen molar-refractivity contribution in [2.24, 2.45) is 0 Å². The number of carbonyl (C=O) groups is 2. The maximum absolute atomic E-state index is 12.6. The summed E-state index contributed by atoms with van der Waals surface area (Å²) in [5, 5.41) is 2.60. The number of hydrogen-bond donors (Lipinski definition) is 1. The SMILES string of the molecule is COC(=O)[C@H](CCc1ccccc1)NC(=O)Cc1ccc(C(F)(F)F)cc1. The molecule has 0 aliphatic carbocycles. The third kappa shape index (κ3) is 6.44. The van der Waals surface area contributed by atoms with Crippen LogP contribution in [0.3, 0.4) is 0 Å². The fourth-order valence-electron chi connectivity index (χ4n) is 2.59. The van der Waals surface area contributed by atoms with Crippen molar-refractivity contribution >= 4 is 11.9 Å². The summed E-state index contributed by atoms with van der Waals surface area (Å²) in [7, 11) is 1.24. The van der Waals surface area contributed by atoms with Crippen molar-refractivity contribution in [3.05, 3.63) is 71.3 Å². The van der Waals surface area contributed by atoms with Gasteiger partial charge in [-0.05, 0) is 36.1 Å². The van der Waals surface area contributed by atoms with Gasteiger partial charge in [-0.2, -0.15) is 13.2 Å². The smallest absolute Gasteiger partial charge is 0.416 e. The van der Waals surface area contributed by atoms with Crippen LogP contribution in [0.2, 0.25) is 0 Å². The number of hydrogen-bond acceptors (Lipinski definition) is 3. The largest absolute Gasteiger partial charge is 0.467 e. The Kier molecular flexibility index (Phi) is 6.98. The zero-order chi connectivity index (χ0) is 19.9. The fraction of sp³-hybridized carbons (Fsp3) is 0.300. The van der Waals surface area contributed by atoms with Crippen molar-refractivity contribution in [2.75, 3.05) is 7.11 Å². The van der Waals surface area contributed by atoms with Gasteiger partial charge in [-0.15, -0.1) is 0 Å². The first kappa shape index (κ1) is 20.5. The minimum Gasteiger partial charge on any atom is -0.467 e. The first-order chi connectivity index (χ1) is 12.8. The van der Waals surface area contributed by atoms with E-state index in [9.17, 15) is 22.8 Å². The van der Waals surface area contributed by atoms with Gasteiger partial charge in [-0.1, -0.05) is 42.5 Å². The van der Waals surface area contributed by atoms with Gasteiger partial charge in [-0.25, -0.2) is 4.79 Å². The van der Waals surface area contributed by atoms with Gasteiger partial charge in [0.05, 0.1) is 19.1 Å². The van der Waals surface area contributed by atoms with Crippen molar-refractivity contribution in [3.63, 3.8) is 0 Å². The molecule has 0 unspecified atom stereocenters. The fourth-order valence-corrected chi connectivity index (χ4v) is 2.59. The van der Waals surface area contributed by atoms with Gasteiger partial charge in [0.1, 0.15) is 6.04 Å². The first-order valence-corrected chi connectivity index (χ1v) is 8.37. The lowest BCUT2D eigenvalue weighted by Crippen LogP contribution is -2.42. The molecule has 2 aromatic rings. The third-order valence-electron chi connectivity index (χ3n) is 4.03. The lowest BCUT2D eigenvalue weighted by Gasteiger charge is -2.17. The first-order valence-electron chi connectivity index (χ1n) is 8.37. The molecule has 4 nitrogen and oxygen atoms in total. The predicted molar refractivity (Wildman–Crippen MR) is 93.9 cm³/mol. The lowest BCUT2D eigenvalue weighted by atomic mass is 10.0. The number of benzene rings is 2. The molecule has 0 aliphatic heterocycles. The monoisotopic (exact) mass is 379 g/mol. The second-order valence-corrected chi connectivity index (χ2v) is 6.04. The highest BCUT2D eigenvalue weighted by molar-refractivity contribution is 5.85. The number of methoxy groups -OCH3 is 1. The second-order valence-electron chi connectivity index (χ2n) is 6.04. The number of esters is 1. The Balaban J connectivity index is 1.95. The Bertz CT molecular complexity index is 758. The minimum absolute atomic E-state index is 0.128. The molecule has 1 atom stereocenters. The van der Waals surface area contributed by atoms with Gasteiger partial charge in [0.15, 0.2) is 0 Å². The molecule has 27 heavy (non-hydrogen) atoms. The van der Waals surface area contributed by atoms with E-state index in [2.05, 4.69) is 5.32 Å². The Labute approximate surface area is 155 Å². The summed E-state index contributed by atoms with van der Waals surface area (Å²) in [5.41, 5.74) is 0.664. The standard InChI is InChI=1S/C20H20F3NO3/c1-27-19(26)17(12-9-14-5-3-2-4-6-14)24-18(25)13-15-7-10-16(11-8-15)20(21,22)23/h2-8,10-11,17H,9,12-13H2,1H3,(H,24,25)/t17-/m0/s1. The van der Waals surface area contributed by atoms with Gasteiger partial charge < -0.3 is 10.1 Å². The number of nitrogens with one attached hydrogen (secondary N) is 1.